The fourth-order valence-electron chi connectivity index (χ4n) is 1.65. The number of nitrogens with two attached hydrogens (primary N) is 1. The average Bonchev–Trinajstić information content (AvgIpc) is 2.30. The monoisotopic (exact) mass is 261 g/mol. The van der Waals surface area contributed by atoms with Gasteiger partial charge >= 0.3 is 5.97 Å². The molecular formula is C13H12FN3O2. The Morgan fingerprint density at radius 3 is 2.68 bits per heavy atom. The maximum Gasteiger partial charge on any atom is 0.337 e. The molecule has 0 bridgehead atoms. The van der Waals surface area contributed by atoms with Crippen LogP contribution in [0.2, 0.25) is 0 Å². The molecule has 0 spiro atoms. The predicted molar refractivity (Wildman–Crippen MR) is 70.0 cm³/mol. The molecule has 0 aliphatic carbocycles. The summed E-state index contributed by atoms with van der Waals surface area (Å²) in [6, 6.07) is 5.73. The highest BCUT2D eigenvalue weighted by Gasteiger charge is 2.08. The maximum absolute atomic E-state index is 13.2. The lowest BCUT2D eigenvalue weighted by Crippen LogP contribution is -2.04. The molecule has 0 fully saturated rings. The zero-order chi connectivity index (χ0) is 14.0. The molecule has 6 heteroatoms. The van der Waals surface area contributed by atoms with Crippen molar-refractivity contribution >= 4 is 23.2 Å². The molecule has 0 unspecified atom stereocenters. The number of hydrogen-bond donors (Lipinski definition) is 3. The molecule has 4 N–H and O–H groups in total. The lowest BCUT2D eigenvalue weighted by Gasteiger charge is -2.09. The molecule has 0 aliphatic heterocycles. The van der Waals surface area contributed by atoms with Gasteiger partial charge in [0.05, 0.1) is 11.3 Å². The summed E-state index contributed by atoms with van der Waals surface area (Å²) in [4.78, 5) is 14.7. The van der Waals surface area contributed by atoms with Crippen LogP contribution >= 0.6 is 0 Å². The van der Waals surface area contributed by atoms with E-state index in [1.54, 1.807) is 13.0 Å². The molecule has 1 aromatic carbocycles. The molecule has 0 amide bonds. The van der Waals surface area contributed by atoms with E-state index in [4.69, 9.17) is 10.8 Å². The van der Waals surface area contributed by atoms with Crippen molar-refractivity contribution in [3.8, 4) is 0 Å². The minimum atomic E-state index is -1.10. The number of anilines is 3. The minimum Gasteiger partial charge on any atom is -0.478 e. The Morgan fingerprint density at radius 1 is 1.37 bits per heavy atom. The molecule has 2 rings (SSSR count). The Kier molecular flexibility index (Phi) is 3.33. The topological polar surface area (TPSA) is 88.2 Å². The van der Waals surface area contributed by atoms with E-state index in [1.165, 1.54) is 24.4 Å². The first-order chi connectivity index (χ1) is 8.95. The number of rotatable bonds is 3. The second-order valence-corrected chi connectivity index (χ2v) is 4.11. The molecule has 0 aliphatic rings. The molecule has 98 valence electrons. The van der Waals surface area contributed by atoms with Crippen LogP contribution in [0, 0.1) is 12.7 Å². The number of carboxylic acids is 1. The summed E-state index contributed by atoms with van der Waals surface area (Å²) in [7, 11) is 0. The van der Waals surface area contributed by atoms with Crippen molar-refractivity contribution in [1.29, 1.82) is 0 Å². The second kappa shape index (κ2) is 4.93. The number of aromatic carboxylic acids is 1. The lowest BCUT2D eigenvalue weighted by atomic mass is 10.2. The highest BCUT2D eigenvalue weighted by Crippen LogP contribution is 2.23. The highest BCUT2D eigenvalue weighted by molar-refractivity contribution is 5.89. The van der Waals surface area contributed by atoms with Gasteiger partial charge in [-0.15, -0.1) is 0 Å². The van der Waals surface area contributed by atoms with Crippen LogP contribution in [0.25, 0.3) is 0 Å². The van der Waals surface area contributed by atoms with Crippen LogP contribution in [0.3, 0.4) is 0 Å². The van der Waals surface area contributed by atoms with Crippen molar-refractivity contribution < 1.29 is 14.3 Å². The van der Waals surface area contributed by atoms with Crippen LogP contribution in [-0.2, 0) is 0 Å². The third-order valence-corrected chi connectivity index (χ3v) is 2.47. The SMILES string of the molecule is Cc1cc(F)cc(Nc2ncc(C(=O)O)cc2N)c1. The molecule has 0 saturated heterocycles. The van der Waals surface area contributed by atoms with Crippen molar-refractivity contribution in [2.45, 2.75) is 6.92 Å². The number of nitrogens with zero attached hydrogens (tertiary/aromatic N) is 1. The minimum absolute atomic E-state index is 0.00141. The Labute approximate surface area is 108 Å². The third-order valence-electron chi connectivity index (χ3n) is 2.47. The molecule has 2 aromatic rings. The average molecular weight is 261 g/mol. The van der Waals surface area contributed by atoms with Gasteiger partial charge < -0.3 is 16.2 Å². The van der Waals surface area contributed by atoms with Gasteiger partial charge in [0.1, 0.15) is 5.82 Å². The zero-order valence-corrected chi connectivity index (χ0v) is 10.1. The molecule has 5 nitrogen and oxygen atoms in total. The van der Waals surface area contributed by atoms with Crippen molar-refractivity contribution in [1.82, 2.24) is 4.98 Å². The summed E-state index contributed by atoms with van der Waals surface area (Å²) in [6.07, 6.45) is 1.19. The largest absolute Gasteiger partial charge is 0.478 e. The summed E-state index contributed by atoms with van der Waals surface area (Å²) in [5.41, 5.74) is 7.13. The summed E-state index contributed by atoms with van der Waals surface area (Å²) >= 11 is 0. The van der Waals surface area contributed by atoms with Crippen molar-refractivity contribution in [2.24, 2.45) is 0 Å². The molecule has 19 heavy (non-hydrogen) atoms. The fourth-order valence-corrected chi connectivity index (χ4v) is 1.65. The highest BCUT2D eigenvalue weighted by atomic mass is 19.1. The standard InChI is InChI=1S/C13H12FN3O2/c1-7-2-9(14)5-10(3-7)17-12-11(15)4-8(6-16-12)13(18)19/h2-6H,15H2,1H3,(H,16,17)(H,18,19). The van der Waals surface area contributed by atoms with E-state index in [0.29, 0.717) is 5.69 Å². The van der Waals surface area contributed by atoms with Crippen LogP contribution in [0.5, 0.6) is 0 Å². The van der Waals surface area contributed by atoms with E-state index in [-0.39, 0.29) is 22.9 Å². The van der Waals surface area contributed by atoms with E-state index in [1.807, 2.05) is 0 Å². The summed E-state index contributed by atoms with van der Waals surface area (Å²) in [5, 5.41) is 11.6. The summed E-state index contributed by atoms with van der Waals surface area (Å²) in [6.45, 7) is 1.76. The summed E-state index contributed by atoms with van der Waals surface area (Å²) < 4.78 is 13.2. The first kappa shape index (κ1) is 12.8. The predicted octanol–water partition coefficient (Wildman–Crippen LogP) is 2.55. The molecule has 1 aromatic heterocycles. The Balaban J connectivity index is 2.30. The number of nitrogen functional groups attached to an aromatic ring is 1. The Morgan fingerprint density at radius 2 is 2.11 bits per heavy atom. The number of halogens is 1. The van der Waals surface area contributed by atoms with Crippen LogP contribution in [0.4, 0.5) is 21.6 Å². The van der Waals surface area contributed by atoms with Gasteiger partial charge in [0, 0.05) is 11.9 Å². The van der Waals surface area contributed by atoms with E-state index in [9.17, 15) is 9.18 Å². The van der Waals surface area contributed by atoms with Gasteiger partial charge in [-0.1, -0.05) is 0 Å². The number of aromatic nitrogens is 1. The molecule has 1 heterocycles. The van der Waals surface area contributed by atoms with Gasteiger partial charge in [-0.25, -0.2) is 14.2 Å². The zero-order valence-electron chi connectivity index (χ0n) is 10.1. The fraction of sp³-hybridized carbons (Fsp3) is 0.0769. The normalized spacial score (nSPS) is 10.2. The molecular weight excluding hydrogens is 249 g/mol. The Hall–Kier alpha value is -2.63. The van der Waals surface area contributed by atoms with Crippen molar-refractivity contribution in [2.75, 3.05) is 11.1 Å². The van der Waals surface area contributed by atoms with Gasteiger partial charge in [-0.3, -0.25) is 0 Å². The van der Waals surface area contributed by atoms with Crippen LogP contribution in [0.1, 0.15) is 15.9 Å². The van der Waals surface area contributed by atoms with E-state index in [2.05, 4.69) is 10.3 Å². The number of nitrogens with one attached hydrogen (secondary N) is 1. The number of hydrogen-bond acceptors (Lipinski definition) is 4. The van der Waals surface area contributed by atoms with Crippen LogP contribution < -0.4 is 11.1 Å². The number of pyridine rings is 1. The smallest absolute Gasteiger partial charge is 0.337 e. The Bertz CT molecular complexity index is 624. The summed E-state index contributed by atoms with van der Waals surface area (Å²) in [5.74, 6) is -1.19. The maximum atomic E-state index is 13.2. The van der Waals surface area contributed by atoms with Gasteiger partial charge in [-0.2, -0.15) is 0 Å². The third kappa shape index (κ3) is 2.98. The van der Waals surface area contributed by atoms with E-state index >= 15 is 0 Å². The van der Waals surface area contributed by atoms with E-state index in [0.717, 1.165) is 5.56 Å². The van der Waals surface area contributed by atoms with Crippen LogP contribution in [-0.4, -0.2) is 16.1 Å². The number of benzene rings is 1. The van der Waals surface area contributed by atoms with Gasteiger partial charge in [0.25, 0.3) is 0 Å². The first-order valence-electron chi connectivity index (χ1n) is 5.49. The number of carbonyl (C=O) groups is 1. The quantitative estimate of drug-likeness (QED) is 0.790. The van der Waals surface area contributed by atoms with Gasteiger partial charge in [0.15, 0.2) is 5.82 Å². The number of carboxylic acid groups (broad SMARTS) is 1. The molecule has 0 saturated carbocycles. The van der Waals surface area contributed by atoms with E-state index < -0.39 is 5.97 Å². The van der Waals surface area contributed by atoms with Crippen LogP contribution in [0.15, 0.2) is 30.5 Å². The van der Waals surface area contributed by atoms with Crippen molar-refractivity contribution in [3.63, 3.8) is 0 Å². The second-order valence-electron chi connectivity index (χ2n) is 4.11. The lowest BCUT2D eigenvalue weighted by molar-refractivity contribution is 0.0696. The first-order valence-corrected chi connectivity index (χ1v) is 5.49. The van der Waals surface area contributed by atoms with Crippen molar-refractivity contribution in [3.05, 3.63) is 47.4 Å². The number of aryl methyl sites for hydroxylation is 1. The van der Waals surface area contributed by atoms with Gasteiger partial charge in [-0.05, 0) is 36.8 Å². The van der Waals surface area contributed by atoms with Gasteiger partial charge in [0.2, 0.25) is 0 Å². The molecule has 0 radical (unpaired) electrons. The molecule has 0 atom stereocenters.